The molecule has 28 heavy (non-hydrogen) atoms. The predicted octanol–water partition coefficient (Wildman–Crippen LogP) is 5.28. The molecule has 1 saturated heterocycles. The molecule has 0 unspecified atom stereocenters. The number of hydrogen-bond acceptors (Lipinski definition) is 4. The molecule has 0 aliphatic carbocycles. The maximum atomic E-state index is 13.6. The summed E-state index contributed by atoms with van der Waals surface area (Å²) in [5.74, 6) is 0.796. The van der Waals surface area contributed by atoms with Gasteiger partial charge in [-0.25, -0.2) is 9.37 Å². The van der Waals surface area contributed by atoms with Gasteiger partial charge in [-0.1, -0.05) is 30.1 Å². The molecule has 1 aliphatic rings. The molecule has 0 N–H and O–H groups in total. The Morgan fingerprint density at radius 2 is 1.96 bits per heavy atom. The molecule has 2 aromatic heterocycles. The zero-order chi connectivity index (χ0) is 20.0. The van der Waals surface area contributed by atoms with Crippen LogP contribution in [0.15, 0.2) is 24.4 Å². The lowest BCUT2D eigenvalue weighted by Gasteiger charge is -2.33. The zero-order valence-electron chi connectivity index (χ0n) is 15.5. The lowest BCUT2D eigenvalue weighted by Crippen LogP contribution is -2.35. The third-order valence-electron chi connectivity index (χ3n) is 5.24. The second kappa shape index (κ2) is 7.33. The topological polar surface area (TPSA) is 50.5 Å². The number of carbonyl (C=O) groups is 1. The first-order valence-electron chi connectivity index (χ1n) is 9.15. The van der Waals surface area contributed by atoms with E-state index in [1.807, 2.05) is 0 Å². The van der Waals surface area contributed by atoms with Crippen molar-refractivity contribution in [3.63, 3.8) is 0 Å². The molecule has 1 aromatic carbocycles. The van der Waals surface area contributed by atoms with Gasteiger partial charge in [0.2, 0.25) is 0 Å². The normalized spacial score (nSPS) is 15.4. The SMILES string of the molecule is CC(=O)c1cnn2c(N3CCC(C)CC3)c(-c3ccc(F)cc3Cl)c(Cl)nc12. The smallest absolute Gasteiger partial charge is 0.169 e. The molecule has 0 radical (unpaired) electrons. The van der Waals surface area contributed by atoms with E-state index < -0.39 is 5.82 Å². The van der Waals surface area contributed by atoms with E-state index >= 15 is 0 Å². The molecule has 3 heterocycles. The van der Waals surface area contributed by atoms with Gasteiger partial charge in [-0.15, -0.1) is 0 Å². The summed E-state index contributed by atoms with van der Waals surface area (Å²) in [4.78, 5) is 18.6. The number of carbonyl (C=O) groups excluding carboxylic acids is 1. The maximum Gasteiger partial charge on any atom is 0.169 e. The number of halogens is 3. The Bertz CT molecular complexity index is 1070. The highest BCUT2D eigenvalue weighted by atomic mass is 35.5. The van der Waals surface area contributed by atoms with Crippen LogP contribution < -0.4 is 4.90 Å². The molecule has 1 aliphatic heterocycles. The number of Topliss-reactive ketones (excluding diaryl/α,β-unsaturated/α-hetero) is 1. The highest BCUT2D eigenvalue weighted by Gasteiger charge is 2.27. The molecule has 8 heteroatoms. The Labute approximate surface area is 172 Å². The Morgan fingerprint density at radius 3 is 2.61 bits per heavy atom. The average Bonchev–Trinajstić information content (AvgIpc) is 3.06. The van der Waals surface area contributed by atoms with E-state index in [0.29, 0.717) is 28.3 Å². The molecular formula is C20H19Cl2FN4O. The third kappa shape index (κ3) is 3.25. The Balaban J connectivity index is 2.01. The molecule has 0 saturated carbocycles. The molecule has 146 valence electrons. The van der Waals surface area contributed by atoms with E-state index in [1.54, 1.807) is 10.6 Å². The van der Waals surface area contributed by atoms with Crippen molar-refractivity contribution < 1.29 is 9.18 Å². The Hall–Kier alpha value is -2.18. The van der Waals surface area contributed by atoms with Crippen molar-refractivity contribution in [1.82, 2.24) is 14.6 Å². The van der Waals surface area contributed by atoms with Crippen LogP contribution in [-0.2, 0) is 0 Å². The van der Waals surface area contributed by atoms with Crippen molar-refractivity contribution in [2.24, 2.45) is 5.92 Å². The number of nitrogens with zero attached hydrogens (tertiary/aromatic N) is 4. The van der Waals surface area contributed by atoms with Gasteiger partial charge in [-0.3, -0.25) is 4.79 Å². The van der Waals surface area contributed by atoms with E-state index in [1.165, 1.54) is 25.3 Å². The van der Waals surface area contributed by atoms with Gasteiger partial charge >= 0.3 is 0 Å². The van der Waals surface area contributed by atoms with Crippen LogP contribution >= 0.6 is 23.2 Å². The van der Waals surface area contributed by atoms with E-state index in [9.17, 15) is 9.18 Å². The maximum absolute atomic E-state index is 13.6. The molecule has 4 rings (SSSR count). The minimum atomic E-state index is -0.426. The first kappa shape index (κ1) is 19.2. The minimum Gasteiger partial charge on any atom is -0.356 e. The van der Waals surface area contributed by atoms with Crippen molar-refractivity contribution in [2.75, 3.05) is 18.0 Å². The van der Waals surface area contributed by atoms with Crippen LogP contribution in [0, 0.1) is 11.7 Å². The van der Waals surface area contributed by atoms with Crippen molar-refractivity contribution in [1.29, 1.82) is 0 Å². The first-order valence-corrected chi connectivity index (χ1v) is 9.91. The fraction of sp³-hybridized carbons (Fsp3) is 0.350. The molecule has 0 amide bonds. The molecular weight excluding hydrogens is 402 g/mol. The third-order valence-corrected chi connectivity index (χ3v) is 5.83. The molecule has 0 bridgehead atoms. The van der Waals surface area contributed by atoms with E-state index in [2.05, 4.69) is 21.9 Å². The van der Waals surface area contributed by atoms with Crippen molar-refractivity contribution in [3.05, 3.63) is 46.0 Å². The largest absolute Gasteiger partial charge is 0.356 e. The summed E-state index contributed by atoms with van der Waals surface area (Å²) < 4.78 is 15.3. The van der Waals surface area contributed by atoms with Gasteiger partial charge in [-0.2, -0.15) is 9.61 Å². The summed E-state index contributed by atoms with van der Waals surface area (Å²) >= 11 is 12.9. The van der Waals surface area contributed by atoms with E-state index in [0.717, 1.165) is 31.7 Å². The van der Waals surface area contributed by atoms with Crippen molar-refractivity contribution in [3.8, 4) is 11.1 Å². The summed E-state index contributed by atoms with van der Waals surface area (Å²) in [6.45, 7) is 5.33. The molecule has 5 nitrogen and oxygen atoms in total. The van der Waals surface area contributed by atoms with Crippen molar-refractivity contribution >= 4 is 40.5 Å². The Kier molecular flexibility index (Phi) is 5.02. The highest BCUT2D eigenvalue weighted by molar-refractivity contribution is 6.36. The zero-order valence-corrected chi connectivity index (χ0v) is 17.1. The number of hydrogen-bond donors (Lipinski definition) is 0. The lowest BCUT2D eigenvalue weighted by molar-refractivity contribution is 0.101. The van der Waals surface area contributed by atoms with Crippen LogP contribution in [0.4, 0.5) is 10.2 Å². The first-order chi connectivity index (χ1) is 13.4. The van der Waals surface area contributed by atoms with Crippen LogP contribution in [-0.4, -0.2) is 33.5 Å². The summed E-state index contributed by atoms with van der Waals surface area (Å²) in [6, 6.07) is 4.19. The fourth-order valence-corrected chi connectivity index (χ4v) is 4.16. The number of piperidine rings is 1. The summed E-state index contributed by atoms with van der Waals surface area (Å²) in [7, 11) is 0. The quantitative estimate of drug-likeness (QED) is 0.427. The van der Waals surface area contributed by atoms with Crippen LogP contribution in [0.25, 0.3) is 16.8 Å². The van der Waals surface area contributed by atoms with Gasteiger partial charge in [0.25, 0.3) is 0 Å². The van der Waals surface area contributed by atoms with Gasteiger partial charge < -0.3 is 4.90 Å². The number of benzene rings is 1. The molecule has 1 fully saturated rings. The number of fused-ring (bicyclic) bond motifs is 1. The molecule has 3 aromatic rings. The number of ketones is 1. The van der Waals surface area contributed by atoms with Gasteiger partial charge in [0.05, 0.1) is 22.3 Å². The molecule has 0 atom stereocenters. The van der Waals surface area contributed by atoms with Gasteiger partial charge in [0.15, 0.2) is 11.4 Å². The standard InChI is InChI=1S/C20H19Cl2FN4O/c1-11-5-7-26(8-6-11)20-17(14-4-3-13(23)9-16(14)21)18(22)25-19-15(12(2)28)10-24-27(19)20/h3-4,9-11H,5-8H2,1-2H3. The number of aromatic nitrogens is 3. The number of rotatable bonds is 3. The van der Waals surface area contributed by atoms with Crippen LogP contribution in [0.3, 0.4) is 0 Å². The summed E-state index contributed by atoms with van der Waals surface area (Å²) in [6.07, 6.45) is 3.56. The summed E-state index contributed by atoms with van der Waals surface area (Å²) in [5.41, 5.74) is 1.99. The van der Waals surface area contributed by atoms with Crippen LogP contribution in [0.2, 0.25) is 10.2 Å². The minimum absolute atomic E-state index is 0.135. The number of anilines is 1. The van der Waals surface area contributed by atoms with Gasteiger partial charge in [-0.05, 0) is 43.9 Å². The summed E-state index contributed by atoms with van der Waals surface area (Å²) in [5, 5.41) is 4.87. The predicted molar refractivity (Wildman–Crippen MR) is 109 cm³/mol. The Morgan fingerprint density at radius 1 is 1.25 bits per heavy atom. The second-order valence-corrected chi connectivity index (χ2v) is 8.01. The van der Waals surface area contributed by atoms with Crippen LogP contribution in [0.1, 0.15) is 37.0 Å². The van der Waals surface area contributed by atoms with E-state index in [-0.39, 0.29) is 16.0 Å². The highest BCUT2D eigenvalue weighted by Crippen LogP contribution is 2.41. The second-order valence-electron chi connectivity index (χ2n) is 7.24. The van der Waals surface area contributed by atoms with Gasteiger partial charge in [0, 0.05) is 18.7 Å². The van der Waals surface area contributed by atoms with Crippen molar-refractivity contribution in [2.45, 2.75) is 26.7 Å². The van der Waals surface area contributed by atoms with Crippen LogP contribution in [0.5, 0.6) is 0 Å². The van der Waals surface area contributed by atoms with E-state index in [4.69, 9.17) is 23.2 Å². The van der Waals surface area contributed by atoms with Gasteiger partial charge in [0.1, 0.15) is 16.8 Å². The monoisotopic (exact) mass is 420 g/mol. The average molecular weight is 421 g/mol. The fourth-order valence-electron chi connectivity index (χ4n) is 3.64. The lowest BCUT2D eigenvalue weighted by atomic mass is 9.98. The molecule has 0 spiro atoms.